The zero-order valence-electron chi connectivity index (χ0n) is 9.57. The lowest BCUT2D eigenvalue weighted by molar-refractivity contribution is -0.118. The van der Waals surface area contributed by atoms with E-state index in [4.69, 9.17) is 0 Å². The van der Waals surface area contributed by atoms with Crippen molar-refractivity contribution in [1.82, 2.24) is 20.5 Å². The summed E-state index contributed by atoms with van der Waals surface area (Å²) in [7, 11) is 0. The summed E-state index contributed by atoms with van der Waals surface area (Å²) in [5.74, 6) is 0.295. The first-order valence-corrected chi connectivity index (χ1v) is 6.06. The van der Waals surface area contributed by atoms with Crippen molar-refractivity contribution in [3.05, 3.63) is 20.8 Å². The standard InChI is InChI=1S/C9H14N4O3S/c1-5(2)3-10-6(14)4-17-8-7(15)11-9(16)13-12-8/h5H,3-4H2,1-2H3,(H,10,14)(H2,11,13,15,16). The van der Waals surface area contributed by atoms with Crippen molar-refractivity contribution in [3.8, 4) is 0 Å². The van der Waals surface area contributed by atoms with Gasteiger partial charge in [-0.2, -0.15) is 5.10 Å². The lowest BCUT2D eigenvalue weighted by atomic mass is 10.2. The molecule has 0 aliphatic heterocycles. The quantitative estimate of drug-likeness (QED) is 0.607. The Labute approximate surface area is 101 Å². The van der Waals surface area contributed by atoms with Crippen molar-refractivity contribution in [1.29, 1.82) is 0 Å². The maximum absolute atomic E-state index is 11.4. The van der Waals surface area contributed by atoms with E-state index < -0.39 is 11.2 Å². The van der Waals surface area contributed by atoms with Crippen molar-refractivity contribution in [2.45, 2.75) is 18.9 Å². The van der Waals surface area contributed by atoms with Crippen molar-refractivity contribution in [2.24, 2.45) is 5.92 Å². The molecule has 0 aliphatic carbocycles. The number of carbonyl (C=O) groups excluding carboxylic acids is 1. The van der Waals surface area contributed by atoms with Crippen molar-refractivity contribution in [3.63, 3.8) is 0 Å². The topological polar surface area (TPSA) is 108 Å². The van der Waals surface area contributed by atoms with Gasteiger partial charge in [-0.05, 0) is 5.92 Å². The summed E-state index contributed by atoms with van der Waals surface area (Å²) in [5, 5.41) is 8.43. The average Bonchev–Trinajstić information content (AvgIpc) is 2.25. The number of aromatic amines is 2. The number of hydrogen-bond donors (Lipinski definition) is 3. The third kappa shape index (κ3) is 4.85. The van der Waals surface area contributed by atoms with E-state index in [1.165, 1.54) is 0 Å². The Hall–Kier alpha value is -1.57. The molecule has 1 aromatic rings. The highest BCUT2D eigenvalue weighted by molar-refractivity contribution is 7.99. The third-order valence-electron chi connectivity index (χ3n) is 1.73. The van der Waals surface area contributed by atoms with E-state index in [0.717, 1.165) is 11.8 Å². The highest BCUT2D eigenvalue weighted by atomic mass is 32.2. The van der Waals surface area contributed by atoms with Gasteiger partial charge in [0.25, 0.3) is 5.56 Å². The molecule has 0 bridgehead atoms. The van der Waals surface area contributed by atoms with Crippen LogP contribution in [0.25, 0.3) is 0 Å². The van der Waals surface area contributed by atoms with Gasteiger partial charge in [0.1, 0.15) is 0 Å². The van der Waals surface area contributed by atoms with Gasteiger partial charge in [0, 0.05) is 6.54 Å². The molecule has 1 heterocycles. The molecule has 7 nitrogen and oxygen atoms in total. The van der Waals surface area contributed by atoms with Gasteiger partial charge in [-0.15, -0.1) is 0 Å². The molecule has 17 heavy (non-hydrogen) atoms. The third-order valence-corrected chi connectivity index (χ3v) is 2.68. The molecule has 8 heteroatoms. The van der Waals surface area contributed by atoms with Crippen LogP contribution in [0.1, 0.15) is 13.8 Å². The Bertz CT molecular complexity index is 494. The molecular formula is C9H14N4O3S. The smallest absolute Gasteiger partial charge is 0.342 e. The molecule has 1 aromatic heterocycles. The second-order valence-electron chi connectivity index (χ2n) is 3.80. The number of rotatable bonds is 5. The number of aromatic nitrogens is 3. The highest BCUT2D eigenvalue weighted by Crippen LogP contribution is 2.07. The van der Waals surface area contributed by atoms with E-state index in [9.17, 15) is 14.4 Å². The molecule has 0 atom stereocenters. The Kier molecular flexibility index (Phi) is 4.95. The maximum Gasteiger partial charge on any atom is 0.342 e. The molecular weight excluding hydrogens is 244 g/mol. The van der Waals surface area contributed by atoms with Gasteiger partial charge in [-0.25, -0.2) is 9.89 Å². The van der Waals surface area contributed by atoms with E-state index in [2.05, 4.69) is 15.5 Å². The lowest BCUT2D eigenvalue weighted by Crippen LogP contribution is -2.30. The number of amides is 1. The fraction of sp³-hybridized carbons (Fsp3) is 0.556. The molecule has 0 saturated heterocycles. The second-order valence-corrected chi connectivity index (χ2v) is 4.76. The van der Waals surface area contributed by atoms with Crippen LogP contribution < -0.4 is 16.6 Å². The predicted octanol–water partition coefficient (Wildman–Crippen LogP) is -0.677. The Balaban J connectivity index is 2.48. The number of thioether (sulfide) groups is 1. The minimum atomic E-state index is -0.663. The Morgan fingerprint density at radius 1 is 1.47 bits per heavy atom. The van der Waals surface area contributed by atoms with Crippen LogP contribution in [0.4, 0.5) is 0 Å². The van der Waals surface area contributed by atoms with Crippen LogP contribution in [0, 0.1) is 5.92 Å². The van der Waals surface area contributed by atoms with E-state index in [1.807, 2.05) is 18.8 Å². The highest BCUT2D eigenvalue weighted by Gasteiger charge is 2.07. The maximum atomic E-state index is 11.4. The van der Waals surface area contributed by atoms with Gasteiger partial charge < -0.3 is 5.32 Å². The van der Waals surface area contributed by atoms with Crippen molar-refractivity contribution >= 4 is 17.7 Å². The molecule has 1 amide bonds. The summed E-state index contributed by atoms with van der Waals surface area (Å²) < 4.78 is 0. The van der Waals surface area contributed by atoms with Crippen LogP contribution in [0.15, 0.2) is 14.6 Å². The summed E-state index contributed by atoms with van der Waals surface area (Å²) in [5.41, 5.74) is -1.25. The van der Waals surface area contributed by atoms with Gasteiger partial charge in [-0.3, -0.25) is 14.6 Å². The Morgan fingerprint density at radius 3 is 2.76 bits per heavy atom. The molecule has 0 spiro atoms. The van der Waals surface area contributed by atoms with Crippen LogP contribution in [-0.4, -0.2) is 33.4 Å². The van der Waals surface area contributed by atoms with Gasteiger partial charge >= 0.3 is 5.69 Å². The van der Waals surface area contributed by atoms with Gasteiger partial charge in [0.05, 0.1) is 5.75 Å². The first-order chi connectivity index (χ1) is 7.99. The second kappa shape index (κ2) is 6.24. The van der Waals surface area contributed by atoms with Crippen LogP contribution in [0.3, 0.4) is 0 Å². The summed E-state index contributed by atoms with van der Waals surface area (Å²) in [6.45, 7) is 4.57. The summed E-state index contributed by atoms with van der Waals surface area (Å²) in [6.07, 6.45) is 0. The van der Waals surface area contributed by atoms with Crippen LogP contribution >= 0.6 is 11.8 Å². The normalized spacial score (nSPS) is 10.5. The number of hydrogen-bond acceptors (Lipinski definition) is 5. The molecule has 0 aliphatic rings. The average molecular weight is 258 g/mol. The van der Waals surface area contributed by atoms with E-state index in [1.54, 1.807) is 0 Å². The fourth-order valence-electron chi connectivity index (χ4n) is 0.938. The lowest BCUT2D eigenvalue weighted by Gasteiger charge is -2.06. The molecule has 0 fully saturated rings. The largest absolute Gasteiger partial charge is 0.355 e. The molecule has 0 radical (unpaired) electrons. The first-order valence-electron chi connectivity index (χ1n) is 5.07. The molecule has 0 aromatic carbocycles. The predicted molar refractivity (Wildman–Crippen MR) is 64.1 cm³/mol. The molecule has 3 N–H and O–H groups in total. The van der Waals surface area contributed by atoms with Gasteiger partial charge in [0.15, 0.2) is 5.03 Å². The molecule has 0 saturated carbocycles. The molecule has 0 unspecified atom stereocenters. The van der Waals surface area contributed by atoms with Crippen LogP contribution in [0.5, 0.6) is 0 Å². The minimum Gasteiger partial charge on any atom is -0.355 e. The number of H-pyrrole nitrogens is 2. The number of nitrogens with one attached hydrogen (secondary N) is 3. The zero-order chi connectivity index (χ0) is 12.8. The SMILES string of the molecule is CC(C)CNC(=O)CSc1n[nH]c(=O)[nH]c1=O. The van der Waals surface area contributed by atoms with Gasteiger partial charge in [-0.1, -0.05) is 25.6 Å². The molecule has 1 rings (SSSR count). The van der Waals surface area contributed by atoms with E-state index in [-0.39, 0.29) is 16.7 Å². The molecule has 94 valence electrons. The van der Waals surface area contributed by atoms with Crippen molar-refractivity contribution < 1.29 is 4.79 Å². The number of nitrogens with zero attached hydrogens (tertiary/aromatic N) is 1. The fourth-order valence-corrected chi connectivity index (χ4v) is 1.60. The minimum absolute atomic E-state index is 0.0734. The zero-order valence-corrected chi connectivity index (χ0v) is 10.4. The summed E-state index contributed by atoms with van der Waals surface area (Å²) in [6, 6.07) is 0. The number of carbonyl (C=O) groups is 1. The Morgan fingerprint density at radius 2 is 2.18 bits per heavy atom. The van der Waals surface area contributed by atoms with Crippen molar-refractivity contribution in [2.75, 3.05) is 12.3 Å². The van der Waals surface area contributed by atoms with E-state index in [0.29, 0.717) is 12.5 Å². The summed E-state index contributed by atoms with van der Waals surface area (Å²) >= 11 is 0.978. The summed E-state index contributed by atoms with van der Waals surface area (Å²) in [4.78, 5) is 35.3. The monoisotopic (exact) mass is 258 g/mol. The van der Waals surface area contributed by atoms with Gasteiger partial charge in [0.2, 0.25) is 5.91 Å². The van der Waals surface area contributed by atoms with Crippen LogP contribution in [-0.2, 0) is 4.79 Å². The first kappa shape index (κ1) is 13.5. The van der Waals surface area contributed by atoms with E-state index >= 15 is 0 Å². The van der Waals surface area contributed by atoms with Crippen LogP contribution in [0.2, 0.25) is 0 Å².